The van der Waals surface area contributed by atoms with Gasteiger partial charge in [0.15, 0.2) is 22.6 Å². The molecule has 1 fully saturated rings. The number of unbranched alkanes of at least 4 members (excludes halogenated alkanes) is 6. The van der Waals surface area contributed by atoms with E-state index in [1.807, 2.05) is 47.7 Å². The van der Waals surface area contributed by atoms with Crippen LogP contribution in [0.25, 0.3) is 44.4 Å². The van der Waals surface area contributed by atoms with Crippen molar-refractivity contribution in [3.05, 3.63) is 77.5 Å². The van der Waals surface area contributed by atoms with Gasteiger partial charge >= 0.3 is 0 Å². The molecule has 1 atom stereocenters. The molecule has 1 saturated heterocycles. The molecule has 0 bridgehead atoms. The number of rotatable bonds is 23. The number of anilines is 4. The number of likely N-dealkylation sites (N-methyl/N-ethyl adjacent to an activating group) is 2. The average molecular weight is 1020 g/mol. The summed E-state index contributed by atoms with van der Waals surface area (Å²) >= 11 is 0. The summed E-state index contributed by atoms with van der Waals surface area (Å²) in [5.41, 5.74) is 25.4. The number of amides is 4. The van der Waals surface area contributed by atoms with Crippen molar-refractivity contribution in [2.75, 3.05) is 76.4 Å². The topological polar surface area (TPSA) is 293 Å². The van der Waals surface area contributed by atoms with Crippen molar-refractivity contribution in [3.63, 3.8) is 0 Å². The number of nitrogen functional groups attached to an aromatic ring is 3. The van der Waals surface area contributed by atoms with Gasteiger partial charge in [-0.3, -0.25) is 19.2 Å². The molecule has 8 rings (SSSR count). The van der Waals surface area contributed by atoms with Crippen molar-refractivity contribution in [2.24, 2.45) is 0 Å². The Bertz CT molecular complexity index is 3210. The van der Waals surface area contributed by atoms with Crippen molar-refractivity contribution >= 4 is 80.1 Å². The van der Waals surface area contributed by atoms with E-state index in [0.717, 1.165) is 86.6 Å². The van der Waals surface area contributed by atoms with E-state index in [4.69, 9.17) is 31.8 Å². The van der Waals surface area contributed by atoms with E-state index >= 15 is 0 Å². The van der Waals surface area contributed by atoms with Gasteiger partial charge in [-0.05, 0) is 107 Å². The Labute approximate surface area is 435 Å². The number of aromatic nitrogens is 9. The Hall–Kier alpha value is -8.01. The molecule has 0 radical (unpaired) electrons. The highest BCUT2D eigenvalue weighted by atomic mass is 16.4. The molecule has 1 aliphatic heterocycles. The zero-order valence-corrected chi connectivity index (χ0v) is 43.6. The number of nitrogens with one attached hydrogen (secondary N) is 2. The fourth-order valence-corrected chi connectivity index (χ4v) is 9.56. The normalized spacial score (nSPS) is 13.9. The summed E-state index contributed by atoms with van der Waals surface area (Å²) in [5.74, 6) is -0.00809. The summed E-state index contributed by atoms with van der Waals surface area (Å²) in [6.07, 6.45) is 16.4. The second-order valence-corrected chi connectivity index (χ2v) is 19.6. The summed E-state index contributed by atoms with van der Waals surface area (Å²) in [5, 5.41) is 16.7. The molecule has 22 heteroatoms. The maximum atomic E-state index is 13.9. The second kappa shape index (κ2) is 24.3. The zero-order chi connectivity index (χ0) is 53.2. The summed E-state index contributed by atoms with van der Waals surface area (Å²) in [6.45, 7) is 7.67. The Balaban J connectivity index is 0.705. The molecule has 1 aliphatic rings. The van der Waals surface area contributed by atoms with Crippen LogP contribution >= 0.6 is 0 Å². The van der Waals surface area contributed by atoms with E-state index in [1.165, 1.54) is 12.7 Å². The highest BCUT2D eigenvalue weighted by Crippen LogP contribution is 2.33. The lowest BCUT2D eigenvalue weighted by Gasteiger charge is -2.32. The lowest BCUT2D eigenvalue weighted by atomic mass is 9.98. The van der Waals surface area contributed by atoms with E-state index < -0.39 is 5.91 Å². The van der Waals surface area contributed by atoms with Gasteiger partial charge in [0, 0.05) is 70.6 Å². The molecule has 396 valence electrons. The van der Waals surface area contributed by atoms with Crippen LogP contribution in [0.4, 0.5) is 23.3 Å². The first kappa shape index (κ1) is 53.3. The number of carbonyl (C=O) groups is 4. The Morgan fingerprint density at radius 1 is 0.840 bits per heavy atom. The smallest absolute Gasteiger partial charge is 0.292 e. The molecule has 8 N–H and O–H groups in total. The van der Waals surface area contributed by atoms with Crippen LogP contribution in [-0.4, -0.2) is 137 Å². The lowest BCUT2D eigenvalue weighted by molar-refractivity contribution is -0.128. The molecular formula is C53H69N17O5. The average Bonchev–Trinajstić information content (AvgIpc) is 4.11. The van der Waals surface area contributed by atoms with Crippen LogP contribution in [0.1, 0.15) is 104 Å². The van der Waals surface area contributed by atoms with Crippen LogP contribution in [0.15, 0.2) is 59.6 Å². The molecule has 5 aromatic heterocycles. The number of hydrogen-bond acceptors (Lipinski definition) is 16. The number of nitrogens with zero attached hydrogens (tertiary/aromatic N) is 12. The van der Waals surface area contributed by atoms with E-state index in [0.29, 0.717) is 95.9 Å². The highest BCUT2D eigenvalue weighted by molar-refractivity contribution is 6.13. The van der Waals surface area contributed by atoms with Gasteiger partial charge in [0.2, 0.25) is 17.7 Å². The van der Waals surface area contributed by atoms with Crippen LogP contribution in [0.3, 0.4) is 0 Å². The molecular weight excluding hydrogens is 955 g/mol. The van der Waals surface area contributed by atoms with Gasteiger partial charge in [-0.25, -0.2) is 29.3 Å². The first-order valence-corrected chi connectivity index (χ1v) is 25.8. The second-order valence-electron chi connectivity index (χ2n) is 19.6. The van der Waals surface area contributed by atoms with Gasteiger partial charge in [0.1, 0.15) is 35.5 Å². The fraction of sp³-hybridized carbons (Fsp3) is 0.453. The Morgan fingerprint density at radius 3 is 2.37 bits per heavy atom. The summed E-state index contributed by atoms with van der Waals surface area (Å²) in [4.78, 5) is 79.5. The van der Waals surface area contributed by atoms with Gasteiger partial charge in [-0.2, -0.15) is 15.2 Å². The molecule has 4 amide bonds. The SMILES string of the molecule is Cc1c(CC(=O)N(C)C)ccc(NC(=O)c2nn([C@@H]3CCCN(C(=O)/C=C/CN(C)CCCCCCCCNC(=O)CCCCn4nc(-c5ccc6oc(N)nc6c5)c5c(N)ncnc54)C3)c3ncnc(N)c23)c1C. The van der Waals surface area contributed by atoms with Gasteiger partial charge in [-0.1, -0.05) is 37.8 Å². The predicted octanol–water partition coefficient (Wildman–Crippen LogP) is 6.00. The van der Waals surface area contributed by atoms with E-state index in [-0.39, 0.29) is 47.7 Å². The minimum atomic E-state index is -0.457. The third-order valence-electron chi connectivity index (χ3n) is 14.0. The van der Waals surface area contributed by atoms with E-state index in [2.05, 4.69) is 47.5 Å². The standard InChI is InChI=1S/C53H69N17O5/c1-33-34(2)38(21-19-35(33)29-43(73)66(3)4)62-52(74)47-45-49(55)59-32-61-51(45)70(65-47)37-16-14-26-68(30-37)42(72)18-15-25-67(5)24-12-9-7-6-8-11-23-57-41(71)17-10-13-27-69-50-44(48(54)58-31-60-50)46(64-69)36-20-22-40-39(28-36)63-53(56)75-40/h15,18-22,28,31-32,37H,6-14,16-17,23-27,29-30H2,1-5H3,(H2,56,63)(H,57,71)(H,62,74)(H2,54,58,60)(H2,55,59,61)/b18-15+/t37-/m1/s1. The maximum Gasteiger partial charge on any atom is 0.292 e. The largest absolute Gasteiger partial charge is 0.424 e. The summed E-state index contributed by atoms with van der Waals surface area (Å²) in [6, 6.07) is 9.05. The monoisotopic (exact) mass is 1020 g/mol. The lowest BCUT2D eigenvalue weighted by Crippen LogP contribution is -2.40. The zero-order valence-electron chi connectivity index (χ0n) is 43.6. The van der Waals surface area contributed by atoms with Gasteiger partial charge in [0.05, 0.1) is 23.2 Å². The molecule has 0 aliphatic carbocycles. The van der Waals surface area contributed by atoms with Crippen molar-refractivity contribution in [1.29, 1.82) is 0 Å². The van der Waals surface area contributed by atoms with Crippen LogP contribution in [0.2, 0.25) is 0 Å². The molecule has 0 spiro atoms. The van der Waals surface area contributed by atoms with Crippen LogP contribution in [-0.2, 0) is 27.3 Å². The summed E-state index contributed by atoms with van der Waals surface area (Å²) < 4.78 is 8.95. The molecule has 6 heterocycles. The number of likely N-dealkylation sites (tertiary alicyclic amines) is 1. The first-order chi connectivity index (χ1) is 36.2. The number of oxazole rings is 1. The fourth-order valence-electron chi connectivity index (χ4n) is 9.56. The number of piperidine rings is 1. The van der Waals surface area contributed by atoms with E-state index in [9.17, 15) is 19.2 Å². The summed E-state index contributed by atoms with van der Waals surface area (Å²) in [7, 11) is 5.51. The van der Waals surface area contributed by atoms with Crippen molar-refractivity contribution in [1.82, 2.24) is 64.5 Å². The molecule has 2 aromatic carbocycles. The third kappa shape index (κ3) is 12.9. The van der Waals surface area contributed by atoms with Gasteiger partial charge in [-0.15, -0.1) is 0 Å². The molecule has 0 unspecified atom stereocenters. The minimum Gasteiger partial charge on any atom is -0.424 e. The number of hydrogen-bond donors (Lipinski definition) is 5. The molecule has 22 nitrogen and oxygen atoms in total. The number of benzene rings is 2. The minimum absolute atomic E-state index is 0.00810. The molecule has 0 saturated carbocycles. The van der Waals surface area contributed by atoms with Gasteiger partial charge < -0.3 is 47.0 Å². The quantitative estimate of drug-likeness (QED) is 0.0363. The Kier molecular flexibility index (Phi) is 17.3. The number of nitrogens with two attached hydrogens (primary N) is 3. The predicted molar refractivity (Wildman–Crippen MR) is 289 cm³/mol. The van der Waals surface area contributed by atoms with Crippen molar-refractivity contribution in [3.8, 4) is 11.3 Å². The molecule has 75 heavy (non-hydrogen) atoms. The molecule has 7 aromatic rings. The van der Waals surface area contributed by atoms with Crippen LogP contribution in [0, 0.1) is 13.8 Å². The number of aryl methyl sites for hydroxylation is 1. The van der Waals surface area contributed by atoms with Crippen molar-refractivity contribution < 1.29 is 23.6 Å². The first-order valence-electron chi connectivity index (χ1n) is 25.8. The van der Waals surface area contributed by atoms with Gasteiger partial charge in [0.25, 0.3) is 11.9 Å². The van der Waals surface area contributed by atoms with E-state index in [1.54, 1.807) is 41.9 Å². The van der Waals surface area contributed by atoms with Crippen LogP contribution in [0.5, 0.6) is 0 Å². The third-order valence-corrected chi connectivity index (χ3v) is 14.0. The highest BCUT2D eigenvalue weighted by Gasteiger charge is 2.30. The van der Waals surface area contributed by atoms with Crippen LogP contribution < -0.4 is 27.8 Å². The maximum absolute atomic E-state index is 13.9. The Morgan fingerprint density at radius 2 is 1.59 bits per heavy atom. The number of fused-ring (bicyclic) bond motifs is 3. The number of carbonyl (C=O) groups excluding carboxylic acids is 4. The van der Waals surface area contributed by atoms with Crippen molar-refractivity contribution in [2.45, 2.75) is 103 Å².